The molecule has 188 valence electrons. The zero-order valence-electron chi connectivity index (χ0n) is 19.7. The zero-order valence-corrected chi connectivity index (χ0v) is 21.2. The second-order valence-electron chi connectivity index (χ2n) is 9.15. The van der Waals surface area contributed by atoms with Gasteiger partial charge in [-0.25, -0.2) is 0 Å². The van der Waals surface area contributed by atoms with E-state index in [-0.39, 0.29) is 18.4 Å². The Balaban J connectivity index is 1.10. The fourth-order valence-corrected chi connectivity index (χ4v) is 5.31. The quantitative estimate of drug-likeness (QED) is 0.449. The lowest BCUT2D eigenvalue weighted by molar-refractivity contribution is 0.0416. The van der Waals surface area contributed by atoms with Crippen LogP contribution in [0.4, 0.5) is 0 Å². The zero-order chi connectivity index (χ0) is 25.2. The number of ether oxygens (including phenoxy) is 1. The molecule has 5 rings (SSSR count). The van der Waals surface area contributed by atoms with Crippen molar-refractivity contribution in [1.82, 2.24) is 14.7 Å². The molecule has 0 bridgehead atoms. The van der Waals surface area contributed by atoms with Crippen molar-refractivity contribution in [3.05, 3.63) is 75.8 Å². The van der Waals surface area contributed by atoms with E-state index in [0.29, 0.717) is 46.6 Å². The van der Waals surface area contributed by atoms with Gasteiger partial charge in [-0.05, 0) is 35.7 Å². The van der Waals surface area contributed by atoms with Gasteiger partial charge in [0.1, 0.15) is 18.5 Å². The van der Waals surface area contributed by atoms with E-state index in [1.165, 1.54) is 4.90 Å². The number of halogens is 2. The summed E-state index contributed by atoms with van der Waals surface area (Å²) in [5.41, 5.74) is 1.17. The van der Waals surface area contributed by atoms with E-state index >= 15 is 0 Å². The molecule has 1 fully saturated rings. The minimum atomic E-state index is -0.658. The number of aliphatic hydroxyl groups excluding tert-OH is 1. The fraction of sp³-hybridized carbons (Fsp3) is 0.333. The number of nitrogens with zero attached hydrogens (tertiary/aromatic N) is 3. The molecular weight excluding hydrogens is 501 g/mol. The van der Waals surface area contributed by atoms with Gasteiger partial charge in [0.15, 0.2) is 0 Å². The number of amides is 2. The van der Waals surface area contributed by atoms with Crippen molar-refractivity contribution in [1.29, 1.82) is 0 Å². The highest BCUT2D eigenvalue weighted by Crippen LogP contribution is 2.30. The number of piperazine rings is 1. The maximum atomic E-state index is 13.1. The van der Waals surface area contributed by atoms with Gasteiger partial charge in [0.25, 0.3) is 11.8 Å². The van der Waals surface area contributed by atoms with Gasteiger partial charge in [0.05, 0.1) is 5.02 Å². The summed E-state index contributed by atoms with van der Waals surface area (Å²) in [6.07, 6.45) is -0.658. The third-order valence-electron chi connectivity index (χ3n) is 6.75. The number of hydrogen-bond acceptors (Lipinski definition) is 6. The van der Waals surface area contributed by atoms with Crippen molar-refractivity contribution in [2.75, 3.05) is 52.4 Å². The molecule has 2 aliphatic rings. The highest BCUT2D eigenvalue weighted by Gasteiger charge is 2.33. The molecule has 36 heavy (non-hydrogen) atoms. The standard InChI is InChI=1S/C27H27Cl2N3O4/c28-19-7-8-24(23(29)15-19)36-17-20(33)16-31-11-9-30(10-12-31)13-14-32-26(34)21-5-1-3-18-4-2-6-22(25(18)21)27(32)35/h1-8,15,20,33H,9-14,16-17H2/t20-/m1/s1. The summed E-state index contributed by atoms with van der Waals surface area (Å²) in [5, 5.41) is 13.0. The van der Waals surface area contributed by atoms with E-state index in [9.17, 15) is 14.7 Å². The van der Waals surface area contributed by atoms with Crippen molar-refractivity contribution in [2.45, 2.75) is 6.10 Å². The number of carbonyl (C=O) groups excluding carboxylic acids is 2. The van der Waals surface area contributed by atoms with Crippen molar-refractivity contribution >= 4 is 45.8 Å². The number of aliphatic hydroxyl groups is 1. The van der Waals surface area contributed by atoms with Crippen LogP contribution in [0.15, 0.2) is 54.6 Å². The van der Waals surface area contributed by atoms with Crippen LogP contribution in [0, 0.1) is 0 Å². The number of hydrogen-bond donors (Lipinski definition) is 1. The number of β-amino-alcohol motifs (C(OH)–C–C–N with tert-alkyl or cyclic N) is 1. The minimum Gasteiger partial charge on any atom is -0.489 e. The Kier molecular flexibility index (Phi) is 7.46. The van der Waals surface area contributed by atoms with Crippen LogP contribution in [0.2, 0.25) is 10.0 Å². The van der Waals surface area contributed by atoms with E-state index < -0.39 is 6.10 Å². The summed E-state index contributed by atoms with van der Waals surface area (Å²) in [6, 6.07) is 16.1. The summed E-state index contributed by atoms with van der Waals surface area (Å²) < 4.78 is 5.64. The molecule has 2 amide bonds. The number of benzene rings is 3. The summed E-state index contributed by atoms with van der Waals surface area (Å²) in [6.45, 7) is 4.73. The Morgan fingerprint density at radius 1 is 0.861 bits per heavy atom. The Labute approximate surface area is 219 Å². The lowest BCUT2D eigenvalue weighted by Crippen LogP contribution is -2.51. The molecule has 2 aliphatic heterocycles. The molecule has 3 aromatic carbocycles. The summed E-state index contributed by atoms with van der Waals surface area (Å²) in [7, 11) is 0. The molecule has 1 N–H and O–H groups in total. The van der Waals surface area contributed by atoms with Gasteiger partial charge < -0.3 is 9.84 Å². The lowest BCUT2D eigenvalue weighted by Gasteiger charge is -2.36. The maximum Gasteiger partial charge on any atom is 0.261 e. The first-order valence-electron chi connectivity index (χ1n) is 12.0. The first kappa shape index (κ1) is 25.0. The molecule has 1 atom stereocenters. The average Bonchev–Trinajstić information content (AvgIpc) is 2.87. The predicted molar refractivity (Wildman–Crippen MR) is 140 cm³/mol. The van der Waals surface area contributed by atoms with Gasteiger partial charge in [0.2, 0.25) is 0 Å². The first-order valence-corrected chi connectivity index (χ1v) is 12.7. The van der Waals surface area contributed by atoms with Crippen molar-refractivity contribution < 1.29 is 19.4 Å². The summed E-state index contributed by atoms with van der Waals surface area (Å²) in [5.74, 6) is 0.0318. The molecule has 3 aromatic rings. The number of imide groups is 1. The van der Waals surface area contributed by atoms with E-state index in [1.54, 1.807) is 30.3 Å². The van der Waals surface area contributed by atoms with Gasteiger partial charge in [-0.2, -0.15) is 0 Å². The van der Waals surface area contributed by atoms with Crippen molar-refractivity contribution in [3.63, 3.8) is 0 Å². The molecule has 7 nitrogen and oxygen atoms in total. The smallest absolute Gasteiger partial charge is 0.261 e. The monoisotopic (exact) mass is 527 g/mol. The molecule has 9 heteroatoms. The normalized spacial score (nSPS) is 17.6. The number of carbonyl (C=O) groups is 2. The first-order chi connectivity index (χ1) is 17.4. The highest BCUT2D eigenvalue weighted by molar-refractivity contribution is 6.35. The van der Waals surface area contributed by atoms with E-state index in [0.717, 1.165) is 37.0 Å². The fourth-order valence-electron chi connectivity index (χ4n) is 4.85. The number of rotatable bonds is 8. The van der Waals surface area contributed by atoms with Crippen LogP contribution in [0.25, 0.3) is 10.8 Å². The Bertz CT molecular complexity index is 1240. The Morgan fingerprint density at radius 2 is 1.50 bits per heavy atom. The second-order valence-corrected chi connectivity index (χ2v) is 10.00. The average molecular weight is 528 g/mol. The van der Waals surface area contributed by atoms with Gasteiger partial charge in [-0.3, -0.25) is 24.3 Å². The summed E-state index contributed by atoms with van der Waals surface area (Å²) in [4.78, 5) is 32.0. The van der Waals surface area contributed by atoms with Gasteiger partial charge in [0, 0.05) is 67.3 Å². The van der Waals surface area contributed by atoms with Crippen LogP contribution < -0.4 is 4.74 Å². The van der Waals surface area contributed by atoms with Gasteiger partial charge in [-0.15, -0.1) is 0 Å². The van der Waals surface area contributed by atoms with Crippen molar-refractivity contribution in [2.24, 2.45) is 0 Å². The Morgan fingerprint density at radius 3 is 2.14 bits per heavy atom. The minimum absolute atomic E-state index is 0.134. The van der Waals surface area contributed by atoms with E-state index in [4.69, 9.17) is 27.9 Å². The van der Waals surface area contributed by atoms with Crippen LogP contribution in [-0.2, 0) is 0 Å². The third kappa shape index (κ3) is 5.21. The van der Waals surface area contributed by atoms with Crippen LogP contribution in [0.5, 0.6) is 5.75 Å². The topological polar surface area (TPSA) is 73.3 Å². The van der Waals surface area contributed by atoms with Crippen LogP contribution in [-0.4, -0.2) is 90.1 Å². The largest absolute Gasteiger partial charge is 0.489 e. The molecule has 0 unspecified atom stereocenters. The molecule has 0 aliphatic carbocycles. The summed E-state index contributed by atoms with van der Waals surface area (Å²) >= 11 is 12.0. The molecule has 1 saturated heterocycles. The SMILES string of the molecule is O=C1c2cccc3cccc(c23)C(=O)N1CCN1CCN(C[C@@H](O)COc2ccc(Cl)cc2Cl)CC1. The molecule has 2 heterocycles. The highest BCUT2D eigenvalue weighted by atomic mass is 35.5. The van der Waals surface area contributed by atoms with E-state index in [1.807, 2.05) is 24.3 Å². The van der Waals surface area contributed by atoms with Gasteiger partial charge in [-0.1, -0.05) is 47.5 Å². The third-order valence-corrected chi connectivity index (χ3v) is 7.29. The van der Waals surface area contributed by atoms with Crippen LogP contribution in [0.1, 0.15) is 20.7 Å². The van der Waals surface area contributed by atoms with Gasteiger partial charge >= 0.3 is 0 Å². The predicted octanol–water partition coefficient (Wildman–Crippen LogP) is 3.80. The maximum absolute atomic E-state index is 13.1. The molecule has 0 saturated carbocycles. The van der Waals surface area contributed by atoms with E-state index in [2.05, 4.69) is 9.80 Å². The van der Waals surface area contributed by atoms with Crippen LogP contribution >= 0.6 is 23.2 Å². The molecular formula is C27H27Cl2N3O4. The van der Waals surface area contributed by atoms with Crippen molar-refractivity contribution in [3.8, 4) is 5.75 Å². The second kappa shape index (κ2) is 10.7. The lowest BCUT2D eigenvalue weighted by atomic mass is 9.94. The molecule has 0 radical (unpaired) electrons. The molecule has 0 aromatic heterocycles. The molecule has 0 spiro atoms. The Hall–Kier alpha value is -2.68. The van der Waals surface area contributed by atoms with Crippen LogP contribution in [0.3, 0.4) is 0 Å².